The van der Waals surface area contributed by atoms with E-state index in [9.17, 15) is 24.0 Å². The molecule has 3 aromatic rings. The summed E-state index contributed by atoms with van der Waals surface area (Å²) in [7, 11) is 0. The minimum absolute atomic E-state index is 0.0619. The van der Waals surface area contributed by atoms with E-state index in [4.69, 9.17) is 11.5 Å². The van der Waals surface area contributed by atoms with Gasteiger partial charge in [0.2, 0.25) is 29.5 Å². The van der Waals surface area contributed by atoms with Crippen LogP contribution in [0.4, 0.5) is 0 Å². The first-order valence-corrected chi connectivity index (χ1v) is 18.6. The van der Waals surface area contributed by atoms with Crippen molar-refractivity contribution >= 4 is 46.4 Å². The Bertz CT molecular complexity index is 1820. The second kappa shape index (κ2) is 16.9. The van der Waals surface area contributed by atoms with Crippen LogP contribution in [0.1, 0.15) is 87.8 Å². The molecule has 2 aliphatic carbocycles. The third-order valence-corrected chi connectivity index (χ3v) is 10.7. The van der Waals surface area contributed by atoms with E-state index in [-0.39, 0.29) is 30.8 Å². The molecule has 1 unspecified atom stereocenters. The maximum atomic E-state index is 14.8. The summed E-state index contributed by atoms with van der Waals surface area (Å²) in [6.07, 6.45) is 11.6. The van der Waals surface area contributed by atoms with E-state index in [0.29, 0.717) is 35.7 Å². The third kappa shape index (κ3) is 9.13. The average Bonchev–Trinajstić information content (AvgIpc) is 3.88. The summed E-state index contributed by atoms with van der Waals surface area (Å²) < 4.78 is 0. The second-order valence-electron chi connectivity index (χ2n) is 14.5. The van der Waals surface area contributed by atoms with E-state index < -0.39 is 65.7 Å². The van der Waals surface area contributed by atoms with E-state index in [2.05, 4.69) is 41.5 Å². The molecule has 0 spiro atoms. The third-order valence-electron chi connectivity index (χ3n) is 10.7. The first-order valence-electron chi connectivity index (χ1n) is 18.6. The van der Waals surface area contributed by atoms with Crippen LogP contribution in [-0.4, -0.2) is 76.2 Å². The number of aromatic amines is 1. The number of amides is 5. The molecule has 15 heteroatoms. The van der Waals surface area contributed by atoms with Crippen molar-refractivity contribution < 1.29 is 24.0 Å². The number of carbonyl (C=O) groups is 5. The fourth-order valence-electron chi connectivity index (χ4n) is 7.73. The predicted octanol–water partition coefficient (Wildman–Crippen LogP) is 1.52. The van der Waals surface area contributed by atoms with Gasteiger partial charge in [-0.1, -0.05) is 49.6 Å². The van der Waals surface area contributed by atoms with Crippen molar-refractivity contribution in [1.82, 2.24) is 36.6 Å². The number of nitrogens with zero attached hydrogens (tertiary/aromatic N) is 2. The Hall–Kier alpha value is -5.47. The zero-order chi connectivity index (χ0) is 37.5. The molecule has 2 saturated carbocycles. The number of guanidine groups is 1. The lowest BCUT2D eigenvalue weighted by Gasteiger charge is -2.37. The van der Waals surface area contributed by atoms with Gasteiger partial charge < -0.3 is 43.0 Å². The monoisotopic (exact) mass is 726 g/mol. The van der Waals surface area contributed by atoms with Crippen LogP contribution >= 0.6 is 0 Å². The molecule has 2 aromatic heterocycles. The Morgan fingerprint density at radius 1 is 0.811 bits per heavy atom. The van der Waals surface area contributed by atoms with E-state index >= 15 is 0 Å². The van der Waals surface area contributed by atoms with Crippen molar-refractivity contribution in [3.63, 3.8) is 0 Å². The number of fused-ring (bicyclic) bond motifs is 1. The Kier molecular flexibility index (Phi) is 11.9. The van der Waals surface area contributed by atoms with Crippen molar-refractivity contribution in [2.45, 2.75) is 101 Å². The normalized spacial score (nSPS) is 25.8. The quantitative estimate of drug-likeness (QED) is 0.0912. The molecule has 1 aromatic carbocycles. The summed E-state index contributed by atoms with van der Waals surface area (Å²) >= 11 is 0. The molecule has 10 N–H and O–H groups in total. The van der Waals surface area contributed by atoms with Crippen molar-refractivity contribution in [1.29, 1.82) is 0 Å². The molecule has 15 nitrogen and oxygen atoms in total. The predicted molar refractivity (Wildman–Crippen MR) is 199 cm³/mol. The molecule has 0 bridgehead atoms. The highest BCUT2D eigenvalue weighted by Crippen LogP contribution is 2.39. The smallest absolute Gasteiger partial charge is 0.247 e. The van der Waals surface area contributed by atoms with Gasteiger partial charge in [-0.15, -0.1) is 0 Å². The summed E-state index contributed by atoms with van der Waals surface area (Å²) in [5.74, 6) is -3.53. The fraction of sp³-hybridized carbons (Fsp3) is 0.500. The van der Waals surface area contributed by atoms with Crippen LogP contribution in [-0.2, 0) is 24.0 Å². The molecule has 3 fully saturated rings. The standard InChI is InChI=1S/C38H50N10O5/c1-21-33(49)48-32(29(22-9-4-2-5-10-22)23-11-6-3-7-12-23)37(53)47-31(26-19-41-20-28-25(26)16-18-42-28)36(52)46-30(24-14-15-24)35(51)45-27(34(50)44-21)13-8-17-43-38(39)40/h2,4-5,9-10,16,18-21,23-24,27,29-32,42H,3,6-8,11-15,17H2,1H3,(H,44,50)(H,45,51)(H,46,52)(H,47,53)(H,48,49)(H4,39,40,43)/t21-,27-,29?,30-,31+,32-/m0/s1. The van der Waals surface area contributed by atoms with Gasteiger partial charge in [-0.05, 0) is 68.9 Å². The fourth-order valence-corrected chi connectivity index (χ4v) is 7.73. The molecule has 6 atom stereocenters. The summed E-state index contributed by atoms with van der Waals surface area (Å²) in [4.78, 5) is 82.5. The zero-order valence-corrected chi connectivity index (χ0v) is 30.0. The van der Waals surface area contributed by atoms with Crippen molar-refractivity contribution in [2.75, 3.05) is 6.54 Å². The van der Waals surface area contributed by atoms with Crippen LogP contribution in [0.25, 0.3) is 10.9 Å². The highest BCUT2D eigenvalue weighted by Gasteiger charge is 2.43. The van der Waals surface area contributed by atoms with Gasteiger partial charge in [-0.3, -0.25) is 33.9 Å². The summed E-state index contributed by atoms with van der Waals surface area (Å²) in [5.41, 5.74) is 12.9. The van der Waals surface area contributed by atoms with Gasteiger partial charge in [0, 0.05) is 35.8 Å². The Balaban J connectivity index is 1.42. The number of hydrogen-bond donors (Lipinski definition) is 8. The number of hydrogen-bond acceptors (Lipinski definition) is 7. The van der Waals surface area contributed by atoms with Crippen LogP contribution in [0, 0.1) is 11.8 Å². The molecule has 5 amide bonds. The van der Waals surface area contributed by atoms with E-state index in [1.54, 1.807) is 18.5 Å². The van der Waals surface area contributed by atoms with Gasteiger partial charge in [-0.25, -0.2) is 0 Å². The van der Waals surface area contributed by atoms with Crippen molar-refractivity contribution in [2.24, 2.45) is 28.3 Å². The summed E-state index contributed by atoms with van der Waals surface area (Å²) in [6, 6.07) is 5.93. The number of nitrogens with one attached hydrogen (secondary N) is 6. The van der Waals surface area contributed by atoms with Crippen LogP contribution in [0.5, 0.6) is 0 Å². The average molecular weight is 727 g/mol. The van der Waals surface area contributed by atoms with E-state index in [1.807, 2.05) is 30.3 Å². The highest BCUT2D eigenvalue weighted by atomic mass is 16.2. The van der Waals surface area contributed by atoms with Crippen LogP contribution in [0.2, 0.25) is 0 Å². The van der Waals surface area contributed by atoms with Crippen molar-refractivity contribution in [3.05, 3.63) is 66.1 Å². The first-order chi connectivity index (χ1) is 25.6. The number of nitrogens with two attached hydrogens (primary N) is 2. The van der Waals surface area contributed by atoms with Crippen LogP contribution in [0.15, 0.2) is 60.0 Å². The Morgan fingerprint density at radius 2 is 1.57 bits per heavy atom. The maximum Gasteiger partial charge on any atom is 0.247 e. The number of aliphatic imine (C=N–C) groups is 1. The molecular formula is C38H50N10O5. The van der Waals surface area contributed by atoms with Crippen LogP contribution in [0.3, 0.4) is 0 Å². The number of pyridine rings is 1. The summed E-state index contributed by atoms with van der Waals surface area (Å²) in [6.45, 7) is 1.76. The Morgan fingerprint density at radius 3 is 2.28 bits per heavy atom. The minimum atomic E-state index is -1.27. The molecule has 6 rings (SSSR count). The topological polar surface area (TPSA) is 239 Å². The second-order valence-corrected chi connectivity index (χ2v) is 14.5. The lowest BCUT2D eigenvalue weighted by molar-refractivity contribution is -0.134. The van der Waals surface area contributed by atoms with Crippen molar-refractivity contribution in [3.8, 4) is 0 Å². The molecule has 282 valence electrons. The number of aromatic nitrogens is 2. The molecule has 3 heterocycles. The van der Waals surface area contributed by atoms with E-state index in [0.717, 1.165) is 37.7 Å². The summed E-state index contributed by atoms with van der Waals surface area (Å²) in [5, 5.41) is 15.1. The van der Waals surface area contributed by atoms with Gasteiger partial charge in [-0.2, -0.15) is 0 Å². The lowest BCUT2D eigenvalue weighted by Crippen LogP contribution is -2.58. The minimum Gasteiger partial charge on any atom is -0.370 e. The maximum absolute atomic E-state index is 14.8. The molecule has 3 aliphatic rings. The number of carbonyl (C=O) groups excluding carboxylic acids is 5. The van der Waals surface area contributed by atoms with Gasteiger partial charge in [0.25, 0.3) is 0 Å². The van der Waals surface area contributed by atoms with Gasteiger partial charge in [0.1, 0.15) is 30.2 Å². The molecule has 1 aliphatic heterocycles. The molecule has 0 radical (unpaired) electrons. The number of rotatable bonds is 9. The number of H-pyrrole nitrogens is 1. The van der Waals surface area contributed by atoms with Gasteiger partial charge >= 0.3 is 0 Å². The van der Waals surface area contributed by atoms with Crippen LogP contribution < -0.4 is 38.1 Å². The van der Waals surface area contributed by atoms with Gasteiger partial charge in [0.05, 0.1) is 11.7 Å². The largest absolute Gasteiger partial charge is 0.370 e. The molecular weight excluding hydrogens is 676 g/mol. The highest BCUT2D eigenvalue weighted by molar-refractivity contribution is 6.00. The Labute approximate surface area is 308 Å². The van der Waals surface area contributed by atoms with E-state index in [1.165, 1.54) is 13.1 Å². The zero-order valence-electron chi connectivity index (χ0n) is 30.0. The molecule has 53 heavy (non-hydrogen) atoms. The SMILES string of the molecule is C[C@@H]1NC(=O)[C@H](CCCN=C(N)N)NC(=O)[C@H](C2CC2)NC(=O)[C@@H](c2cncc3[nH]ccc23)NC(=O)[C@H](C(c2ccccc2)C2CCCCC2)NC1=O. The lowest BCUT2D eigenvalue weighted by atomic mass is 9.73. The van der Waals surface area contributed by atoms with Gasteiger partial charge in [0.15, 0.2) is 5.96 Å². The first kappa shape index (κ1) is 37.3. The number of benzene rings is 1. The molecule has 1 saturated heterocycles.